The third kappa shape index (κ3) is 6.10. The molecule has 2 bridgehead atoms. The van der Waals surface area contributed by atoms with Crippen LogP contribution in [0.4, 0.5) is 0 Å². The van der Waals surface area contributed by atoms with E-state index in [2.05, 4.69) is 26.3 Å². The van der Waals surface area contributed by atoms with Crippen LogP contribution in [-0.2, 0) is 32.6 Å². The molecule has 0 radical (unpaired) electrons. The van der Waals surface area contributed by atoms with E-state index in [1.807, 2.05) is 23.1 Å². The van der Waals surface area contributed by atoms with Crippen molar-refractivity contribution in [2.45, 2.75) is 96.3 Å². The van der Waals surface area contributed by atoms with Crippen molar-refractivity contribution in [3.63, 3.8) is 0 Å². The number of benzene rings is 2. The fraction of sp³-hybridized carbons (Fsp3) is 0.585. The van der Waals surface area contributed by atoms with Crippen LogP contribution in [0, 0.1) is 23.2 Å². The minimum atomic E-state index is -3.83. The van der Waals surface area contributed by atoms with Gasteiger partial charge in [-0.15, -0.1) is 0 Å². The second kappa shape index (κ2) is 13.2. The van der Waals surface area contributed by atoms with Gasteiger partial charge in [0.25, 0.3) is 5.91 Å². The highest BCUT2D eigenvalue weighted by molar-refractivity contribution is 7.90. The summed E-state index contributed by atoms with van der Waals surface area (Å²) in [6.45, 7) is 7.99. The number of sulfonamides is 1. The number of nitrogens with one attached hydrogen (secondary N) is 1. The van der Waals surface area contributed by atoms with E-state index in [-0.39, 0.29) is 35.1 Å². The van der Waals surface area contributed by atoms with Crippen molar-refractivity contribution in [2.24, 2.45) is 23.2 Å². The molecule has 3 aromatic rings. The Hall–Kier alpha value is -3.86. The first-order chi connectivity index (χ1) is 24.9. The van der Waals surface area contributed by atoms with Gasteiger partial charge >= 0.3 is 0 Å². The number of rotatable bonds is 6. The molecule has 1 aromatic heterocycles. The SMILES string of the molecule is COc1ccc2c(c1)C[C@@H]1C[C@]1(C(=O)N1C[C@@H]3CC[C@@H](CN(C(C)=O)C3)C1)Cn1c-2c(C2CCCCC2)c2ccc(C(=O)NS(=O)(=O)C(C)C)cc21. The number of methoxy groups -OCH3 is 1. The van der Waals surface area contributed by atoms with Crippen molar-refractivity contribution in [3.8, 4) is 17.0 Å². The average molecular weight is 729 g/mol. The Bertz CT molecular complexity index is 2030. The van der Waals surface area contributed by atoms with Gasteiger partial charge in [-0.05, 0) is 118 Å². The Kier molecular flexibility index (Phi) is 8.94. The topological polar surface area (TPSA) is 118 Å². The zero-order chi connectivity index (χ0) is 36.5. The molecule has 2 saturated carbocycles. The van der Waals surface area contributed by atoms with E-state index < -0.39 is 26.6 Å². The number of likely N-dealkylation sites (tertiary alicyclic amines) is 2. The molecule has 4 heterocycles. The number of aromatic nitrogens is 1. The van der Waals surface area contributed by atoms with Gasteiger partial charge in [-0.25, -0.2) is 13.1 Å². The zero-order valence-electron chi connectivity index (χ0n) is 30.9. The van der Waals surface area contributed by atoms with Gasteiger partial charge in [0, 0.05) is 61.7 Å². The van der Waals surface area contributed by atoms with E-state index in [1.54, 1.807) is 33.9 Å². The lowest BCUT2D eigenvalue weighted by atomic mass is 9.80. The number of carbonyl (C=O) groups excluding carboxylic acids is 3. The quantitative estimate of drug-likeness (QED) is 0.328. The number of fused-ring (bicyclic) bond motifs is 9. The van der Waals surface area contributed by atoms with Gasteiger partial charge in [-0.2, -0.15) is 0 Å². The van der Waals surface area contributed by atoms with Gasteiger partial charge in [0.15, 0.2) is 0 Å². The minimum absolute atomic E-state index is 0.113. The number of carbonyl (C=O) groups is 3. The highest BCUT2D eigenvalue weighted by Gasteiger charge is 2.62. The number of hydrogen-bond acceptors (Lipinski definition) is 6. The summed E-state index contributed by atoms with van der Waals surface area (Å²) in [6.07, 6.45) is 9.29. The molecule has 2 aromatic carbocycles. The van der Waals surface area contributed by atoms with Crippen LogP contribution < -0.4 is 9.46 Å². The lowest BCUT2D eigenvalue weighted by Gasteiger charge is -2.37. The van der Waals surface area contributed by atoms with E-state index in [1.165, 1.54) is 17.5 Å². The fourth-order valence-corrected chi connectivity index (χ4v) is 10.6. The largest absolute Gasteiger partial charge is 0.497 e. The molecule has 3 amide bonds. The highest BCUT2D eigenvalue weighted by atomic mass is 32.2. The second-order valence-corrected chi connectivity index (χ2v) is 18.9. The molecule has 0 spiro atoms. The van der Waals surface area contributed by atoms with Crippen molar-refractivity contribution in [3.05, 3.63) is 53.1 Å². The molecule has 0 unspecified atom stereocenters. The molecule has 8 rings (SSSR count). The smallest absolute Gasteiger partial charge is 0.264 e. The van der Waals surface area contributed by atoms with Crippen molar-refractivity contribution in [2.75, 3.05) is 33.3 Å². The highest BCUT2D eigenvalue weighted by Crippen LogP contribution is 2.60. The maximum absolute atomic E-state index is 15.1. The Morgan fingerprint density at radius 1 is 0.904 bits per heavy atom. The number of nitrogens with zero attached hydrogens (tertiary/aromatic N) is 3. The van der Waals surface area contributed by atoms with E-state index in [4.69, 9.17) is 4.74 Å². The first kappa shape index (κ1) is 35.2. The summed E-state index contributed by atoms with van der Waals surface area (Å²) in [4.78, 5) is 45.2. The standard InChI is InChI=1S/C41H52N4O6S/c1-25(2)52(49,50)42-39(47)30-12-14-35-36(18-30)45-24-41(40(48)44-22-27-10-11-28(23-44)21-43(20-27)26(3)46)19-32(41)16-31-17-33(51-4)13-15-34(31)38(45)37(35)29-8-6-5-7-9-29/h12-15,17-18,25,27-29,32H,5-11,16,19-24H2,1-4H3,(H,42,47)/t27-,28+,32-,41+/m1/s1. The van der Waals surface area contributed by atoms with Crippen LogP contribution >= 0.6 is 0 Å². The summed E-state index contributed by atoms with van der Waals surface area (Å²) in [6, 6.07) is 11.9. The van der Waals surface area contributed by atoms with Crippen molar-refractivity contribution in [1.82, 2.24) is 19.1 Å². The molecule has 5 aliphatic rings. The van der Waals surface area contributed by atoms with Crippen LogP contribution in [0.1, 0.15) is 99.5 Å². The molecule has 1 N–H and O–H groups in total. The van der Waals surface area contributed by atoms with Crippen LogP contribution in [0.15, 0.2) is 36.4 Å². The van der Waals surface area contributed by atoms with Crippen molar-refractivity contribution in [1.29, 1.82) is 0 Å². The Labute approximate surface area is 307 Å². The molecule has 3 aliphatic heterocycles. The average Bonchev–Trinajstić information content (AvgIpc) is 3.81. The zero-order valence-corrected chi connectivity index (χ0v) is 31.8. The fourth-order valence-electron chi connectivity index (χ4n) is 9.98. The molecule has 4 fully saturated rings. The lowest BCUT2D eigenvalue weighted by Crippen LogP contribution is -2.49. The Morgan fingerprint density at radius 3 is 2.25 bits per heavy atom. The first-order valence-electron chi connectivity index (χ1n) is 19.3. The summed E-state index contributed by atoms with van der Waals surface area (Å²) in [5.74, 6) is 1.47. The number of hydrogen-bond donors (Lipinski definition) is 1. The van der Waals surface area contributed by atoms with Crippen molar-refractivity contribution >= 4 is 38.6 Å². The Balaban J connectivity index is 1.27. The van der Waals surface area contributed by atoms with Crippen LogP contribution in [0.5, 0.6) is 5.75 Å². The predicted molar refractivity (Wildman–Crippen MR) is 201 cm³/mol. The van der Waals surface area contributed by atoms with Crippen LogP contribution in [0.3, 0.4) is 0 Å². The van der Waals surface area contributed by atoms with Gasteiger partial charge < -0.3 is 19.1 Å². The van der Waals surface area contributed by atoms with Crippen LogP contribution in [0.25, 0.3) is 22.2 Å². The van der Waals surface area contributed by atoms with Gasteiger partial charge in [0.1, 0.15) is 5.75 Å². The maximum Gasteiger partial charge on any atom is 0.264 e. The monoisotopic (exact) mass is 728 g/mol. The number of amides is 3. The van der Waals surface area contributed by atoms with Crippen molar-refractivity contribution < 1.29 is 27.5 Å². The maximum atomic E-state index is 15.1. The molecular formula is C41H52N4O6S. The molecule has 11 heteroatoms. The van der Waals surface area contributed by atoms with E-state index in [0.717, 1.165) is 79.3 Å². The van der Waals surface area contributed by atoms with E-state index in [9.17, 15) is 18.0 Å². The minimum Gasteiger partial charge on any atom is -0.497 e. The van der Waals surface area contributed by atoms with E-state index >= 15 is 4.79 Å². The number of ether oxygens (including phenoxy) is 1. The molecule has 278 valence electrons. The molecular weight excluding hydrogens is 677 g/mol. The van der Waals surface area contributed by atoms with Gasteiger partial charge in [-0.1, -0.05) is 25.3 Å². The first-order valence-corrected chi connectivity index (χ1v) is 20.9. The lowest BCUT2D eigenvalue weighted by molar-refractivity contribution is -0.140. The summed E-state index contributed by atoms with van der Waals surface area (Å²) < 4.78 is 35.8. The summed E-state index contributed by atoms with van der Waals surface area (Å²) in [5.41, 5.74) is 5.26. The summed E-state index contributed by atoms with van der Waals surface area (Å²) in [5, 5.41) is 0.323. The summed E-state index contributed by atoms with van der Waals surface area (Å²) in [7, 11) is -2.14. The predicted octanol–water partition coefficient (Wildman–Crippen LogP) is 6.11. The molecule has 4 atom stereocenters. The van der Waals surface area contributed by atoms with Gasteiger partial charge in [0.2, 0.25) is 21.8 Å². The van der Waals surface area contributed by atoms with E-state index in [0.29, 0.717) is 38.6 Å². The normalized spacial score (nSPS) is 26.1. The van der Waals surface area contributed by atoms with Crippen LogP contribution in [0.2, 0.25) is 0 Å². The van der Waals surface area contributed by atoms with Crippen LogP contribution in [-0.4, -0.2) is 79.0 Å². The molecule has 2 aliphatic carbocycles. The molecule has 10 nitrogen and oxygen atoms in total. The van der Waals surface area contributed by atoms with Gasteiger partial charge in [-0.3, -0.25) is 14.4 Å². The second-order valence-electron chi connectivity index (χ2n) is 16.7. The van der Waals surface area contributed by atoms with Gasteiger partial charge in [0.05, 0.1) is 23.5 Å². The Morgan fingerprint density at radius 2 is 1.60 bits per heavy atom. The third-order valence-electron chi connectivity index (χ3n) is 13.0. The molecule has 52 heavy (non-hydrogen) atoms. The summed E-state index contributed by atoms with van der Waals surface area (Å²) >= 11 is 0. The third-order valence-corrected chi connectivity index (χ3v) is 14.7. The molecule has 2 saturated heterocycles.